The molecule has 0 atom stereocenters. The van der Waals surface area contributed by atoms with Gasteiger partial charge in [-0.2, -0.15) is 4.98 Å². The highest BCUT2D eigenvalue weighted by Crippen LogP contribution is 2.37. The van der Waals surface area contributed by atoms with Gasteiger partial charge in [-0.15, -0.1) is 0 Å². The number of hydrogen-bond acceptors (Lipinski definition) is 6. The highest BCUT2D eigenvalue weighted by Gasteiger charge is 2.18. The third-order valence-electron chi connectivity index (χ3n) is 3.40. The van der Waals surface area contributed by atoms with E-state index in [1.165, 1.54) is 10.6 Å². The summed E-state index contributed by atoms with van der Waals surface area (Å²) >= 11 is 0. The zero-order chi connectivity index (χ0) is 16.4. The molecular formula is C16H15N3O4. The number of para-hydroxylation sites is 1. The molecule has 0 fully saturated rings. The second-order valence-corrected chi connectivity index (χ2v) is 4.83. The number of pyridine rings is 1. The van der Waals surface area contributed by atoms with Gasteiger partial charge in [-0.05, 0) is 18.2 Å². The van der Waals surface area contributed by atoms with Crippen molar-refractivity contribution in [2.75, 3.05) is 14.2 Å². The Labute approximate surface area is 132 Å². The van der Waals surface area contributed by atoms with Gasteiger partial charge in [0.1, 0.15) is 0 Å². The number of aromatic nitrogens is 3. The molecule has 0 amide bonds. The molecule has 2 aromatic heterocycles. The standard InChI is InChI=1S/C16H15N3O4/c1-19-9-10(7-8-13(19)20)15-17-16(23-18-15)11-5-4-6-12(21-2)14(11)22-3/h4-9H,1-3H3. The molecule has 0 aliphatic rings. The van der Waals surface area contributed by atoms with Crippen LogP contribution < -0.4 is 15.0 Å². The van der Waals surface area contributed by atoms with Crippen LogP contribution in [0.5, 0.6) is 11.5 Å². The fourth-order valence-corrected chi connectivity index (χ4v) is 2.23. The Balaban J connectivity index is 2.05. The van der Waals surface area contributed by atoms with Crippen LogP contribution in [0.2, 0.25) is 0 Å². The van der Waals surface area contributed by atoms with Crippen molar-refractivity contribution in [1.29, 1.82) is 0 Å². The van der Waals surface area contributed by atoms with Crippen LogP contribution in [0.3, 0.4) is 0 Å². The van der Waals surface area contributed by atoms with Crippen LogP contribution >= 0.6 is 0 Å². The van der Waals surface area contributed by atoms with Crippen LogP contribution in [-0.2, 0) is 7.05 Å². The summed E-state index contributed by atoms with van der Waals surface area (Å²) in [7, 11) is 4.77. The Morgan fingerprint density at radius 3 is 2.65 bits per heavy atom. The fourth-order valence-electron chi connectivity index (χ4n) is 2.23. The Morgan fingerprint density at radius 2 is 1.96 bits per heavy atom. The van der Waals surface area contributed by atoms with Gasteiger partial charge in [0.15, 0.2) is 11.5 Å². The summed E-state index contributed by atoms with van der Waals surface area (Å²) in [5.74, 6) is 1.79. The van der Waals surface area contributed by atoms with Crippen LogP contribution in [-0.4, -0.2) is 28.9 Å². The molecule has 7 heteroatoms. The molecule has 0 radical (unpaired) electrons. The molecule has 3 rings (SSSR count). The molecule has 0 spiro atoms. The first-order chi connectivity index (χ1) is 11.1. The number of ether oxygens (including phenoxy) is 2. The topological polar surface area (TPSA) is 79.4 Å². The van der Waals surface area contributed by atoms with Crippen molar-refractivity contribution < 1.29 is 14.0 Å². The van der Waals surface area contributed by atoms with E-state index in [2.05, 4.69) is 10.1 Å². The number of hydrogen-bond donors (Lipinski definition) is 0. The molecule has 2 heterocycles. The molecule has 7 nitrogen and oxygen atoms in total. The maximum Gasteiger partial charge on any atom is 0.262 e. The lowest BCUT2D eigenvalue weighted by molar-refractivity contribution is 0.353. The van der Waals surface area contributed by atoms with E-state index in [0.29, 0.717) is 34.3 Å². The molecular weight excluding hydrogens is 298 g/mol. The van der Waals surface area contributed by atoms with Crippen molar-refractivity contribution in [3.8, 4) is 34.3 Å². The van der Waals surface area contributed by atoms with Crippen molar-refractivity contribution in [1.82, 2.24) is 14.7 Å². The highest BCUT2D eigenvalue weighted by molar-refractivity contribution is 5.69. The molecule has 0 unspecified atom stereocenters. The van der Waals surface area contributed by atoms with Crippen LogP contribution in [0, 0.1) is 0 Å². The van der Waals surface area contributed by atoms with Gasteiger partial charge in [0.05, 0.1) is 19.8 Å². The summed E-state index contributed by atoms with van der Waals surface area (Å²) in [6, 6.07) is 8.51. The van der Waals surface area contributed by atoms with Crippen molar-refractivity contribution >= 4 is 0 Å². The average molecular weight is 313 g/mol. The lowest BCUT2D eigenvalue weighted by atomic mass is 10.2. The maximum absolute atomic E-state index is 11.5. The number of methoxy groups -OCH3 is 2. The van der Waals surface area contributed by atoms with Gasteiger partial charge in [-0.1, -0.05) is 11.2 Å². The van der Waals surface area contributed by atoms with Gasteiger partial charge in [0, 0.05) is 24.9 Å². The van der Waals surface area contributed by atoms with Crippen molar-refractivity contribution in [3.05, 3.63) is 46.9 Å². The summed E-state index contributed by atoms with van der Waals surface area (Å²) in [6.45, 7) is 0. The average Bonchev–Trinajstić information content (AvgIpc) is 3.06. The van der Waals surface area contributed by atoms with E-state index in [1.54, 1.807) is 45.7 Å². The maximum atomic E-state index is 11.5. The first kappa shape index (κ1) is 14.8. The molecule has 0 saturated heterocycles. The smallest absolute Gasteiger partial charge is 0.262 e. The van der Waals surface area contributed by atoms with Gasteiger partial charge in [-0.3, -0.25) is 4.79 Å². The fraction of sp³-hybridized carbons (Fsp3) is 0.188. The van der Waals surface area contributed by atoms with Gasteiger partial charge in [0.25, 0.3) is 5.89 Å². The van der Waals surface area contributed by atoms with E-state index >= 15 is 0 Å². The zero-order valence-electron chi connectivity index (χ0n) is 12.9. The molecule has 0 aliphatic carbocycles. The summed E-state index contributed by atoms with van der Waals surface area (Å²) < 4.78 is 17.4. The predicted octanol–water partition coefficient (Wildman–Crippen LogP) is 2.12. The third kappa shape index (κ3) is 2.68. The largest absolute Gasteiger partial charge is 0.493 e. The van der Waals surface area contributed by atoms with E-state index < -0.39 is 0 Å². The van der Waals surface area contributed by atoms with Crippen LogP contribution in [0.4, 0.5) is 0 Å². The highest BCUT2D eigenvalue weighted by atomic mass is 16.5. The monoisotopic (exact) mass is 313 g/mol. The molecule has 0 N–H and O–H groups in total. The van der Waals surface area contributed by atoms with E-state index in [-0.39, 0.29) is 5.56 Å². The van der Waals surface area contributed by atoms with Crippen LogP contribution in [0.1, 0.15) is 0 Å². The summed E-state index contributed by atoms with van der Waals surface area (Å²) in [4.78, 5) is 15.8. The first-order valence-electron chi connectivity index (χ1n) is 6.86. The number of nitrogens with zero attached hydrogens (tertiary/aromatic N) is 3. The van der Waals surface area contributed by atoms with Gasteiger partial charge in [-0.25, -0.2) is 0 Å². The number of rotatable bonds is 4. The van der Waals surface area contributed by atoms with E-state index in [0.717, 1.165) is 0 Å². The van der Waals surface area contributed by atoms with Crippen LogP contribution in [0.15, 0.2) is 45.8 Å². The van der Waals surface area contributed by atoms with E-state index in [1.807, 2.05) is 6.07 Å². The predicted molar refractivity (Wildman–Crippen MR) is 83.5 cm³/mol. The van der Waals surface area contributed by atoms with Crippen molar-refractivity contribution in [2.45, 2.75) is 0 Å². The number of benzene rings is 1. The summed E-state index contributed by atoms with van der Waals surface area (Å²) in [5.41, 5.74) is 1.21. The SMILES string of the molecule is COc1cccc(-c2nc(-c3ccc(=O)n(C)c3)no2)c1OC. The second kappa shape index (κ2) is 5.96. The van der Waals surface area contributed by atoms with Crippen molar-refractivity contribution in [3.63, 3.8) is 0 Å². The third-order valence-corrected chi connectivity index (χ3v) is 3.40. The Kier molecular flexibility index (Phi) is 3.84. The summed E-state index contributed by atoms with van der Waals surface area (Å²) in [6.07, 6.45) is 1.65. The molecule has 1 aromatic carbocycles. The molecule has 0 saturated carbocycles. The Morgan fingerprint density at radius 1 is 1.13 bits per heavy atom. The van der Waals surface area contributed by atoms with Crippen molar-refractivity contribution in [2.24, 2.45) is 7.05 Å². The minimum absolute atomic E-state index is 0.105. The minimum atomic E-state index is -0.105. The lowest BCUT2D eigenvalue weighted by Gasteiger charge is -2.09. The molecule has 23 heavy (non-hydrogen) atoms. The molecule has 118 valence electrons. The van der Waals surface area contributed by atoms with Gasteiger partial charge >= 0.3 is 0 Å². The minimum Gasteiger partial charge on any atom is -0.493 e. The van der Waals surface area contributed by atoms with Crippen LogP contribution in [0.25, 0.3) is 22.8 Å². The summed E-state index contributed by atoms with van der Waals surface area (Å²) in [5, 5.41) is 3.97. The Hall–Kier alpha value is -3.09. The Bertz CT molecular complexity index is 898. The second-order valence-electron chi connectivity index (χ2n) is 4.83. The molecule has 3 aromatic rings. The lowest BCUT2D eigenvalue weighted by Crippen LogP contribution is -2.14. The van der Waals surface area contributed by atoms with Gasteiger partial charge < -0.3 is 18.6 Å². The quantitative estimate of drug-likeness (QED) is 0.734. The molecule has 0 bridgehead atoms. The normalized spacial score (nSPS) is 10.6. The first-order valence-corrected chi connectivity index (χ1v) is 6.86. The van der Waals surface area contributed by atoms with E-state index in [4.69, 9.17) is 14.0 Å². The van der Waals surface area contributed by atoms with E-state index in [9.17, 15) is 4.79 Å². The molecule has 0 aliphatic heterocycles. The van der Waals surface area contributed by atoms with Gasteiger partial charge in [0.2, 0.25) is 11.4 Å². The zero-order valence-corrected chi connectivity index (χ0v) is 12.9. The number of aryl methyl sites for hydroxylation is 1.